The number of carbonyl (C=O) groups is 1. The molecule has 126 valence electrons. The molecule has 2 amide bonds. The van der Waals surface area contributed by atoms with Crippen LogP contribution < -0.4 is 0 Å². The number of likely N-dealkylation sites (tertiary alicyclic amines) is 1. The van der Waals surface area contributed by atoms with E-state index in [1.165, 1.54) is 12.1 Å². The van der Waals surface area contributed by atoms with Gasteiger partial charge in [0, 0.05) is 25.7 Å². The summed E-state index contributed by atoms with van der Waals surface area (Å²) in [6, 6.07) is 16.3. The molecule has 0 bridgehead atoms. The van der Waals surface area contributed by atoms with Crippen molar-refractivity contribution in [3.05, 3.63) is 77.1 Å². The van der Waals surface area contributed by atoms with Gasteiger partial charge >= 0.3 is 6.03 Å². The SMILES string of the molecule is O=C(N1CC(=Cc2cccc(F)c2)C1)N1N=CCC1c1ccccc1. The van der Waals surface area contributed by atoms with Crippen LogP contribution in [0.15, 0.2) is 65.3 Å². The van der Waals surface area contributed by atoms with Gasteiger partial charge in [-0.3, -0.25) is 0 Å². The quantitative estimate of drug-likeness (QED) is 0.815. The van der Waals surface area contributed by atoms with Crippen molar-refractivity contribution in [2.24, 2.45) is 5.10 Å². The van der Waals surface area contributed by atoms with E-state index in [1.54, 1.807) is 22.2 Å². The fourth-order valence-electron chi connectivity index (χ4n) is 3.20. The van der Waals surface area contributed by atoms with Crippen LogP contribution in [0.5, 0.6) is 0 Å². The maximum Gasteiger partial charge on any atom is 0.341 e. The molecule has 2 aromatic carbocycles. The molecule has 0 aromatic heterocycles. The molecule has 25 heavy (non-hydrogen) atoms. The summed E-state index contributed by atoms with van der Waals surface area (Å²) in [6.45, 7) is 1.12. The molecule has 0 saturated carbocycles. The molecular weight excluding hydrogens is 317 g/mol. The lowest BCUT2D eigenvalue weighted by molar-refractivity contribution is 0.136. The van der Waals surface area contributed by atoms with Crippen LogP contribution >= 0.6 is 0 Å². The van der Waals surface area contributed by atoms with Gasteiger partial charge in [-0.25, -0.2) is 14.2 Å². The third kappa shape index (κ3) is 3.18. The van der Waals surface area contributed by atoms with E-state index in [2.05, 4.69) is 5.10 Å². The van der Waals surface area contributed by atoms with Crippen LogP contribution in [-0.4, -0.2) is 35.2 Å². The lowest BCUT2D eigenvalue weighted by Gasteiger charge is -2.37. The standard InChI is InChI=1S/C20H18FN3O/c21-18-8-4-5-15(12-18)11-16-13-23(14-16)20(25)24-19(9-10-22-24)17-6-2-1-3-7-17/h1-8,10-12,19H,9,13-14H2. The first-order chi connectivity index (χ1) is 12.2. The van der Waals surface area contributed by atoms with E-state index < -0.39 is 0 Å². The molecule has 2 aliphatic heterocycles. The predicted octanol–water partition coefficient (Wildman–Crippen LogP) is 4.08. The van der Waals surface area contributed by atoms with Crippen molar-refractivity contribution in [2.45, 2.75) is 12.5 Å². The Balaban J connectivity index is 1.42. The Kier molecular flexibility index (Phi) is 4.06. The van der Waals surface area contributed by atoms with Crippen LogP contribution in [0, 0.1) is 5.82 Å². The van der Waals surface area contributed by atoms with Crippen molar-refractivity contribution in [1.82, 2.24) is 9.91 Å². The summed E-state index contributed by atoms with van der Waals surface area (Å²) < 4.78 is 13.2. The molecule has 0 aliphatic carbocycles. The summed E-state index contributed by atoms with van der Waals surface area (Å²) in [5.41, 5.74) is 3.02. The summed E-state index contributed by atoms with van der Waals surface area (Å²) in [5.74, 6) is -0.251. The van der Waals surface area contributed by atoms with Crippen LogP contribution in [0.4, 0.5) is 9.18 Å². The van der Waals surface area contributed by atoms with Gasteiger partial charge in [0.1, 0.15) is 5.82 Å². The van der Waals surface area contributed by atoms with E-state index >= 15 is 0 Å². The summed E-state index contributed by atoms with van der Waals surface area (Å²) >= 11 is 0. The number of carbonyl (C=O) groups excluding carboxylic acids is 1. The minimum absolute atomic E-state index is 0.0371. The Morgan fingerprint density at radius 1 is 1.12 bits per heavy atom. The minimum Gasteiger partial charge on any atom is -0.315 e. The number of nitrogens with zero attached hydrogens (tertiary/aromatic N) is 3. The normalized spacial score (nSPS) is 19.1. The number of amides is 2. The summed E-state index contributed by atoms with van der Waals surface area (Å²) in [6.07, 6.45) is 4.46. The largest absolute Gasteiger partial charge is 0.341 e. The highest BCUT2D eigenvalue weighted by Gasteiger charge is 2.35. The molecule has 4 rings (SSSR count). The average molecular weight is 335 g/mol. The molecule has 2 heterocycles. The zero-order chi connectivity index (χ0) is 17.2. The molecular formula is C20H18FN3O. The molecule has 5 heteroatoms. The smallest absolute Gasteiger partial charge is 0.315 e. The number of hydrazone groups is 1. The lowest BCUT2D eigenvalue weighted by atomic mass is 10.0. The van der Waals surface area contributed by atoms with E-state index in [0.29, 0.717) is 13.1 Å². The molecule has 2 aromatic rings. The summed E-state index contributed by atoms with van der Waals surface area (Å²) in [7, 11) is 0. The molecule has 4 nitrogen and oxygen atoms in total. The molecule has 1 atom stereocenters. The Morgan fingerprint density at radius 2 is 1.92 bits per heavy atom. The van der Waals surface area contributed by atoms with Crippen molar-refractivity contribution in [2.75, 3.05) is 13.1 Å². The van der Waals surface area contributed by atoms with Crippen molar-refractivity contribution in [3.8, 4) is 0 Å². The topological polar surface area (TPSA) is 35.9 Å². The second-order valence-corrected chi connectivity index (χ2v) is 6.30. The molecule has 1 saturated heterocycles. The Hall–Kier alpha value is -2.95. The van der Waals surface area contributed by atoms with Crippen molar-refractivity contribution in [3.63, 3.8) is 0 Å². The molecule has 1 unspecified atom stereocenters. The van der Waals surface area contributed by atoms with Gasteiger partial charge in [-0.05, 0) is 28.8 Å². The Labute approximate surface area is 145 Å². The first kappa shape index (κ1) is 15.6. The van der Waals surface area contributed by atoms with Crippen LogP contribution in [0.3, 0.4) is 0 Å². The summed E-state index contributed by atoms with van der Waals surface area (Å²) in [4.78, 5) is 14.5. The lowest BCUT2D eigenvalue weighted by Crippen LogP contribution is -2.49. The van der Waals surface area contributed by atoms with E-state index in [9.17, 15) is 9.18 Å². The second-order valence-electron chi connectivity index (χ2n) is 6.30. The average Bonchev–Trinajstić information content (AvgIpc) is 3.08. The number of halogens is 1. The van der Waals surface area contributed by atoms with Gasteiger partial charge in [0.25, 0.3) is 0 Å². The van der Waals surface area contributed by atoms with E-state index in [4.69, 9.17) is 0 Å². The van der Waals surface area contributed by atoms with Crippen molar-refractivity contribution < 1.29 is 9.18 Å². The maximum absolute atomic E-state index is 13.2. The highest BCUT2D eigenvalue weighted by Crippen LogP contribution is 2.31. The molecule has 0 radical (unpaired) electrons. The minimum atomic E-state index is -0.251. The molecule has 2 aliphatic rings. The fourth-order valence-corrected chi connectivity index (χ4v) is 3.20. The zero-order valence-corrected chi connectivity index (χ0v) is 13.7. The van der Waals surface area contributed by atoms with Gasteiger partial charge in [-0.2, -0.15) is 5.10 Å². The van der Waals surface area contributed by atoms with E-state index in [-0.39, 0.29) is 17.9 Å². The number of benzene rings is 2. The van der Waals surface area contributed by atoms with Crippen LogP contribution in [0.25, 0.3) is 6.08 Å². The summed E-state index contributed by atoms with van der Waals surface area (Å²) in [5, 5.41) is 5.83. The van der Waals surface area contributed by atoms with Gasteiger partial charge in [-0.1, -0.05) is 48.5 Å². The third-order valence-electron chi connectivity index (χ3n) is 4.49. The van der Waals surface area contributed by atoms with Crippen LogP contribution in [-0.2, 0) is 0 Å². The highest BCUT2D eigenvalue weighted by molar-refractivity contribution is 5.80. The Bertz CT molecular complexity index is 839. The first-order valence-corrected chi connectivity index (χ1v) is 8.31. The molecule has 0 spiro atoms. The second kappa shape index (κ2) is 6.51. The van der Waals surface area contributed by atoms with Crippen LogP contribution in [0.2, 0.25) is 0 Å². The fraction of sp³-hybridized carbons (Fsp3) is 0.200. The zero-order valence-electron chi connectivity index (χ0n) is 13.7. The van der Waals surface area contributed by atoms with Crippen LogP contribution in [0.1, 0.15) is 23.6 Å². The van der Waals surface area contributed by atoms with Crippen molar-refractivity contribution in [1.29, 1.82) is 0 Å². The molecule has 0 N–H and O–H groups in total. The number of rotatable bonds is 2. The van der Waals surface area contributed by atoms with Gasteiger partial charge in [0.05, 0.1) is 6.04 Å². The van der Waals surface area contributed by atoms with Gasteiger partial charge in [0.15, 0.2) is 0 Å². The van der Waals surface area contributed by atoms with E-state index in [0.717, 1.165) is 23.1 Å². The Morgan fingerprint density at radius 3 is 2.68 bits per heavy atom. The van der Waals surface area contributed by atoms with E-state index in [1.807, 2.05) is 42.5 Å². The monoisotopic (exact) mass is 335 g/mol. The highest BCUT2D eigenvalue weighted by atomic mass is 19.1. The third-order valence-corrected chi connectivity index (χ3v) is 4.49. The van der Waals surface area contributed by atoms with Crippen molar-refractivity contribution >= 4 is 18.3 Å². The van der Waals surface area contributed by atoms with Gasteiger partial charge in [0.2, 0.25) is 0 Å². The molecule has 1 fully saturated rings. The number of urea groups is 1. The van der Waals surface area contributed by atoms with Gasteiger partial charge < -0.3 is 4.90 Å². The predicted molar refractivity (Wildman–Crippen MR) is 95.5 cm³/mol. The maximum atomic E-state index is 13.2. The number of hydrogen-bond acceptors (Lipinski definition) is 2. The van der Waals surface area contributed by atoms with Gasteiger partial charge in [-0.15, -0.1) is 0 Å². The number of hydrogen-bond donors (Lipinski definition) is 0. The first-order valence-electron chi connectivity index (χ1n) is 8.31.